The van der Waals surface area contributed by atoms with E-state index < -0.39 is 0 Å². The molecular weight excluding hydrogens is 220 g/mol. The maximum Gasteiger partial charge on any atom is 0.122 e. The summed E-state index contributed by atoms with van der Waals surface area (Å²) in [7, 11) is 0. The third-order valence-corrected chi connectivity index (χ3v) is 3.68. The molecule has 1 atom stereocenters. The highest BCUT2D eigenvalue weighted by Crippen LogP contribution is 2.31. The van der Waals surface area contributed by atoms with Gasteiger partial charge < -0.3 is 10.5 Å². The molecule has 0 fully saturated rings. The number of nitrogens with zero attached hydrogens (tertiary/aromatic N) is 1. The van der Waals surface area contributed by atoms with Gasteiger partial charge in [-0.3, -0.25) is 0 Å². The first-order valence-electron chi connectivity index (χ1n) is 5.95. The molecule has 0 aliphatic heterocycles. The van der Waals surface area contributed by atoms with Crippen molar-refractivity contribution in [3.05, 3.63) is 15.6 Å². The molecule has 1 unspecified atom stereocenters. The van der Waals surface area contributed by atoms with E-state index in [4.69, 9.17) is 10.5 Å². The van der Waals surface area contributed by atoms with E-state index in [-0.39, 0.29) is 6.10 Å². The Balaban J connectivity index is 2.96. The van der Waals surface area contributed by atoms with Crippen molar-refractivity contribution in [1.29, 1.82) is 0 Å². The number of hydrogen-bond acceptors (Lipinski definition) is 4. The van der Waals surface area contributed by atoms with Gasteiger partial charge in [-0.2, -0.15) is 0 Å². The summed E-state index contributed by atoms with van der Waals surface area (Å²) >= 11 is 1.70. The van der Waals surface area contributed by atoms with Gasteiger partial charge in [-0.05, 0) is 19.3 Å². The fourth-order valence-corrected chi connectivity index (χ4v) is 2.91. The maximum atomic E-state index is 5.75. The predicted molar refractivity (Wildman–Crippen MR) is 68.8 cm³/mol. The quantitative estimate of drug-likeness (QED) is 0.833. The molecule has 0 bridgehead atoms. The van der Waals surface area contributed by atoms with Crippen molar-refractivity contribution < 1.29 is 4.74 Å². The Morgan fingerprint density at radius 2 is 2.06 bits per heavy atom. The minimum atomic E-state index is 0.132. The van der Waals surface area contributed by atoms with Crippen molar-refractivity contribution >= 4 is 11.3 Å². The largest absolute Gasteiger partial charge is 0.371 e. The highest BCUT2D eigenvalue weighted by atomic mass is 32.1. The van der Waals surface area contributed by atoms with Gasteiger partial charge in [-0.25, -0.2) is 4.98 Å². The SMILES string of the molecule is CCOC(CC)c1nc(C(C)C)c(CN)s1. The van der Waals surface area contributed by atoms with E-state index in [0.29, 0.717) is 12.5 Å². The van der Waals surface area contributed by atoms with Gasteiger partial charge in [0.25, 0.3) is 0 Å². The summed E-state index contributed by atoms with van der Waals surface area (Å²) in [6.07, 6.45) is 1.09. The van der Waals surface area contributed by atoms with E-state index in [1.54, 1.807) is 11.3 Å². The Labute approximate surface area is 102 Å². The summed E-state index contributed by atoms with van der Waals surface area (Å²) in [6.45, 7) is 9.75. The van der Waals surface area contributed by atoms with Crippen LogP contribution in [0.4, 0.5) is 0 Å². The fourth-order valence-electron chi connectivity index (χ4n) is 1.68. The zero-order chi connectivity index (χ0) is 12.1. The summed E-state index contributed by atoms with van der Waals surface area (Å²) in [6, 6.07) is 0. The number of aromatic nitrogens is 1. The van der Waals surface area contributed by atoms with Crippen molar-refractivity contribution in [2.45, 2.75) is 52.7 Å². The van der Waals surface area contributed by atoms with E-state index in [0.717, 1.165) is 23.7 Å². The van der Waals surface area contributed by atoms with Gasteiger partial charge >= 0.3 is 0 Å². The number of ether oxygens (including phenoxy) is 1. The molecule has 4 heteroatoms. The molecule has 0 aliphatic rings. The summed E-state index contributed by atoms with van der Waals surface area (Å²) in [5, 5.41) is 1.08. The summed E-state index contributed by atoms with van der Waals surface area (Å²) in [4.78, 5) is 5.88. The van der Waals surface area contributed by atoms with Gasteiger partial charge in [-0.15, -0.1) is 11.3 Å². The monoisotopic (exact) mass is 242 g/mol. The van der Waals surface area contributed by atoms with E-state index in [1.807, 2.05) is 6.92 Å². The lowest BCUT2D eigenvalue weighted by Crippen LogP contribution is -2.03. The molecule has 1 aromatic rings. The van der Waals surface area contributed by atoms with Gasteiger partial charge in [0.05, 0.1) is 5.69 Å². The molecule has 1 rings (SSSR count). The van der Waals surface area contributed by atoms with Crippen molar-refractivity contribution in [2.24, 2.45) is 5.73 Å². The first kappa shape index (κ1) is 13.6. The van der Waals surface area contributed by atoms with Gasteiger partial charge in [-0.1, -0.05) is 20.8 Å². The van der Waals surface area contributed by atoms with Crippen LogP contribution >= 0.6 is 11.3 Å². The highest BCUT2D eigenvalue weighted by Gasteiger charge is 2.18. The van der Waals surface area contributed by atoms with Gasteiger partial charge in [0.2, 0.25) is 0 Å². The topological polar surface area (TPSA) is 48.1 Å². The molecular formula is C12H22N2OS. The summed E-state index contributed by atoms with van der Waals surface area (Å²) in [5.74, 6) is 0.433. The van der Waals surface area contributed by atoms with Crippen LogP contribution in [0.15, 0.2) is 0 Å². The second-order valence-corrected chi connectivity index (χ2v) is 5.19. The molecule has 1 heterocycles. The molecule has 0 spiro atoms. The van der Waals surface area contributed by atoms with E-state index >= 15 is 0 Å². The second kappa shape index (κ2) is 6.33. The standard InChI is InChI=1S/C12H22N2OS/c1-5-9(15-6-2)12-14-11(8(3)4)10(7-13)16-12/h8-9H,5-7,13H2,1-4H3. The minimum absolute atomic E-state index is 0.132. The Morgan fingerprint density at radius 1 is 1.38 bits per heavy atom. The number of nitrogens with two attached hydrogens (primary N) is 1. The van der Waals surface area contributed by atoms with Gasteiger partial charge in [0, 0.05) is 18.0 Å². The van der Waals surface area contributed by atoms with Crippen LogP contribution in [0.5, 0.6) is 0 Å². The van der Waals surface area contributed by atoms with Crippen LogP contribution in [0.3, 0.4) is 0 Å². The van der Waals surface area contributed by atoms with Gasteiger partial charge in [0.15, 0.2) is 0 Å². The second-order valence-electron chi connectivity index (χ2n) is 4.07. The summed E-state index contributed by atoms with van der Waals surface area (Å²) in [5.41, 5.74) is 6.89. The third-order valence-electron chi connectivity index (χ3n) is 2.49. The molecule has 0 saturated carbocycles. The lowest BCUT2D eigenvalue weighted by molar-refractivity contribution is 0.0595. The molecule has 0 radical (unpaired) electrons. The van der Waals surface area contributed by atoms with Crippen LogP contribution in [-0.4, -0.2) is 11.6 Å². The number of rotatable bonds is 6. The van der Waals surface area contributed by atoms with Crippen LogP contribution < -0.4 is 5.73 Å². The molecule has 1 aromatic heterocycles. The Morgan fingerprint density at radius 3 is 2.44 bits per heavy atom. The van der Waals surface area contributed by atoms with Crippen molar-refractivity contribution in [3.63, 3.8) is 0 Å². The van der Waals surface area contributed by atoms with Crippen LogP contribution in [0.25, 0.3) is 0 Å². The molecule has 0 aliphatic carbocycles. The lowest BCUT2D eigenvalue weighted by Gasteiger charge is -2.11. The maximum absolute atomic E-state index is 5.75. The van der Waals surface area contributed by atoms with Crippen LogP contribution in [0.2, 0.25) is 0 Å². The average Bonchev–Trinajstić information content (AvgIpc) is 2.69. The Kier molecular flexibility index (Phi) is 5.38. The lowest BCUT2D eigenvalue weighted by atomic mass is 10.1. The molecule has 2 N–H and O–H groups in total. The van der Waals surface area contributed by atoms with Crippen molar-refractivity contribution in [3.8, 4) is 0 Å². The van der Waals surface area contributed by atoms with E-state index in [2.05, 4.69) is 25.8 Å². The molecule has 16 heavy (non-hydrogen) atoms. The minimum Gasteiger partial charge on any atom is -0.371 e. The smallest absolute Gasteiger partial charge is 0.122 e. The molecule has 0 amide bonds. The fraction of sp³-hybridized carbons (Fsp3) is 0.750. The highest BCUT2D eigenvalue weighted by molar-refractivity contribution is 7.11. The number of thiazole rings is 1. The summed E-state index contributed by atoms with van der Waals surface area (Å²) < 4.78 is 5.68. The van der Waals surface area contributed by atoms with Crippen LogP contribution in [0, 0.1) is 0 Å². The van der Waals surface area contributed by atoms with Crippen LogP contribution in [0.1, 0.15) is 61.7 Å². The third kappa shape index (κ3) is 3.03. The first-order chi connectivity index (χ1) is 7.63. The van der Waals surface area contributed by atoms with Crippen LogP contribution in [-0.2, 0) is 11.3 Å². The Bertz CT molecular complexity index is 323. The molecule has 0 aromatic carbocycles. The zero-order valence-electron chi connectivity index (χ0n) is 10.6. The predicted octanol–water partition coefficient (Wildman–Crippen LogP) is 3.21. The molecule has 92 valence electrons. The van der Waals surface area contributed by atoms with E-state index in [9.17, 15) is 0 Å². The zero-order valence-corrected chi connectivity index (χ0v) is 11.4. The normalized spacial score (nSPS) is 13.4. The Hall–Kier alpha value is -0.450. The van der Waals surface area contributed by atoms with E-state index in [1.165, 1.54) is 4.88 Å². The first-order valence-corrected chi connectivity index (χ1v) is 6.76. The molecule has 3 nitrogen and oxygen atoms in total. The van der Waals surface area contributed by atoms with Gasteiger partial charge in [0.1, 0.15) is 11.1 Å². The average molecular weight is 242 g/mol. The van der Waals surface area contributed by atoms with Crippen molar-refractivity contribution in [1.82, 2.24) is 4.98 Å². The molecule has 0 saturated heterocycles. The van der Waals surface area contributed by atoms with Crippen molar-refractivity contribution in [2.75, 3.05) is 6.61 Å². The number of hydrogen-bond donors (Lipinski definition) is 1.